The molecule has 1 saturated heterocycles. The SMILES string of the molecule is O=C(CC1=CCCCC1)N1CCCC(CCO)C1. The van der Waals surface area contributed by atoms with E-state index in [9.17, 15) is 4.79 Å². The summed E-state index contributed by atoms with van der Waals surface area (Å²) in [5.41, 5.74) is 1.34. The van der Waals surface area contributed by atoms with Crippen molar-refractivity contribution in [3.05, 3.63) is 11.6 Å². The number of nitrogens with zero attached hydrogens (tertiary/aromatic N) is 1. The number of aliphatic hydroxyl groups excluding tert-OH is 1. The highest BCUT2D eigenvalue weighted by Gasteiger charge is 2.23. The van der Waals surface area contributed by atoms with Crippen LogP contribution in [0.2, 0.25) is 0 Å². The lowest BCUT2D eigenvalue weighted by Crippen LogP contribution is -2.40. The predicted molar refractivity (Wildman–Crippen MR) is 72.2 cm³/mol. The van der Waals surface area contributed by atoms with Crippen LogP contribution in [0.4, 0.5) is 0 Å². The maximum atomic E-state index is 12.2. The lowest BCUT2D eigenvalue weighted by atomic mass is 9.93. The molecule has 1 heterocycles. The normalized spacial score (nSPS) is 24.8. The van der Waals surface area contributed by atoms with E-state index >= 15 is 0 Å². The van der Waals surface area contributed by atoms with Crippen LogP contribution in [0.15, 0.2) is 11.6 Å². The van der Waals surface area contributed by atoms with E-state index in [0.717, 1.165) is 45.2 Å². The molecule has 102 valence electrons. The Hall–Kier alpha value is -0.830. The van der Waals surface area contributed by atoms with Gasteiger partial charge in [-0.3, -0.25) is 4.79 Å². The number of carbonyl (C=O) groups is 1. The van der Waals surface area contributed by atoms with Gasteiger partial charge in [0.05, 0.1) is 0 Å². The number of amides is 1. The first-order valence-electron chi connectivity index (χ1n) is 7.36. The van der Waals surface area contributed by atoms with Gasteiger partial charge in [-0.05, 0) is 50.9 Å². The summed E-state index contributed by atoms with van der Waals surface area (Å²) in [6.45, 7) is 2.01. The molecule has 18 heavy (non-hydrogen) atoms. The molecule has 2 rings (SSSR count). The zero-order valence-corrected chi connectivity index (χ0v) is 11.2. The largest absolute Gasteiger partial charge is 0.396 e. The number of piperidine rings is 1. The van der Waals surface area contributed by atoms with Crippen molar-refractivity contribution < 1.29 is 9.90 Å². The molecule has 1 N–H and O–H groups in total. The highest BCUT2D eigenvalue weighted by molar-refractivity contribution is 5.78. The zero-order chi connectivity index (χ0) is 12.8. The fourth-order valence-corrected chi connectivity index (χ4v) is 3.08. The molecule has 0 radical (unpaired) electrons. The van der Waals surface area contributed by atoms with Gasteiger partial charge in [0.2, 0.25) is 5.91 Å². The average Bonchev–Trinajstić information content (AvgIpc) is 2.40. The van der Waals surface area contributed by atoms with E-state index < -0.39 is 0 Å². The Morgan fingerprint density at radius 3 is 3.00 bits per heavy atom. The maximum Gasteiger partial charge on any atom is 0.226 e. The first-order chi connectivity index (χ1) is 8.79. The van der Waals surface area contributed by atoms with Gasteiger partial charge in [0, 0.05) is 26.1 Å². The van der Waals surface area contributed by atoms with E-state index in [1.807, 2.05) is 4.90 Å². The number of hydrogen-bond acceptors (Lipinski definition) is 2. The van der Waals surface area contributed by atoms with Crippen molar-refractivity contribution in [1.29, 1.82) is 0 Å². The van der Waals surface area contributed by atoms with Gasteiger partial charge in [0.25, 0.3) is 0 Å². The molecule has 3 heteroatoms. The van der Waals surface area contributed by atoms with Crippen molar-refractivity contribution in [2.45, 2.75) is 51.4 Å². The molecule has 0 aromatic heterocycles. The molecule has 1 aliphatic heterocycles. The highest BCUT2D eigenvalue weighted by atomic mass is 16.3. The first kappa shape index (κ1) is 13.6. The second-order valence-electron chi connectivity index (χ2n) is 5.65. The predicted octanol–water partition coefficient (Wildman–Crippen LogP) is 2.50. The lowest BCUT2D eigenvalue weighted by molar-refractivity contribution is -0.132. The van der Waals surface area contributed by atoms with Crippen molar-refractivity contribution in [1.82, 2.24) is 4.90 Å². The van der Waals surface area contributed by atoms with Crippen LogP contribution in [-0.2, 0) is 4.79 Å². The van der Waals surface area contributed by atoms with E-state index in [1.54, 1.807) is 0 Å². The average molecular weight is 251 g/mol. The molecule has 2 aliphatic rings. The molecule has 0 bridgehead atoms. The van der Waals surface area contributed by atoms with Crippen molar-refractivity contribution >= 4 is 5.91 Å². The van der Waals surface area contributed by atoms with Crippen LogP contribution < -0.4 is 0 Å². The molecule has 0 aromatic carbocycles. The topological polar surface area (TPSA) is 40.5 Å². The minimum Gasteiger partial charge on any atom is -0.396 e. The third-order valence-corrected chi connectivity index (χ3v) is 4.17. The van der Waals surface area contributed by atoms with Crippen LogP contribution >= 0.6 is 0 Å². The number of allylic oxidation sites excluding steroid dienone is 1. The van der Waals surface area contributed by atoms with E-state index in [4.69, 9.17) is 5.11 Å². The van der Waals surface area contributed by atoms with Gasteiger partial charge in [0.15, 0.2) is 0 Å². The Kier molecular flexibility index (Phi) is 5.24. The van der Waals surface area contributed by atoms with Gasteiger partial charge in [-0.1, -0.05) is 11.6 Å². The molecule has 1 atom stereocenters. The number of rotatable bonds is 4. The summed E-state index contributed by atoms with van der Waals surface area (Å²) in [6, 6.07) is 0. The minimum absolute atomic E-state index is 0.248. The van der Waals surface area contributed by atoms with Crippen LogP contribution in [0.25, 0.3) is 0 Å². The molecule has 1 amide bonds. The number of carbonyl (C=O) groups excluding carboxylic acids is 1. The van der Waals surface area contributed by atoms with Crippen molar-refractivity contribution in [3.8, 4) is 0 Å². The van der Waals surface area contributed by atoms with E-state index in [-0.39, 0.29) is 6.61 Å². The second-order valence-corrected chi connectivity index (χ2v) is 5.65. The van der Waals surface area contributed by atoms with Crippen molar-refractivity contribution in [3.63, 3.8) is 0 Å². The summed E-state index contributed by atoms with van der Waals surface area (Å²) in [6.07, 6.45) is 10.8. The molecular formula is C15H25NO2. The molecule has 1 aliphatic carbocycles. The maximum absolute atomic E-state index is 12.2. The number of hydrogen-bond donors (Lipinski definition) is 1. The molecule has 1 fully saturated rings. The Bertz CT molecular complexity index is 310. The van der Waals surface area contributed by atoms with Crippen LogP contribution in [0, 0.1) is 5.92 Å². The van der Waals surface area contributed by atoms with Gasteiger partial charge in [-0.25, -0.2) is 0 Å². The summed E-state index contributed by atoms with van der Waals surface area (Å²) in [5.74, 6) is 0.804. The second kappa shape index (κ2) is 6.93. The van der Waals surface area contributed by atoms with E-state index in [2.05, 4.69) is 6.08 Å². The molecule has 0 aromatic rings. The number of aliphatic hydroxyl groups is 1. The Labute approximate surface area is 110 Å². The van der Waals surface area contributed by atoms with Crippen LogP contribution in [0.1, 0.15) is 51.4 Å². The smallest absolute Gasteiger partial charge is 0.226 e. The molecule has 1 unspecified atom stereocenters. The van der Waals surface area contributed by atoms with Gasteiger partial charge >= 0.3 is 0 Å². The van der Waals surface area contributed by atoms with Gasteiger partial charge < -0.3 is 10.0 Å². The first-order valence-corrected chi connectivity index (χ1v) is 7.36. The Morgan fingerprint density at radius 2 is 2.28 bits per heavy atom. The van der Waals surface area contributed by atoms with Crippen LogP contribution in [-0.4, -0.2) is 35.6 Å². The minimum atomic E-state index is 0.248. The van der Waals surface area contributed by atoms with Gasteiger partial charge in [0.1, 0.15) is 0 Å². The lowest BCUT2D eigenvalue weighted by Gasteiger charge is -2.33. The van der Waals surface area contributed by atoms with Gasteiger partial charge in [-0.2, -0.15) is 0 Å². The summed E-state index contributed by atoms with van der Waals surface area (Å²) >= 11 is 0. The standard InChI is InChI=1S/C15H25NO2/c17-10-8-14-7-4-9-16(12-14)15(18)11-13-5-2-1-3-6-13/h5,14,17H,1-4,6-12H2. The van der Waals surface area contributed by atoms with Crippen LogP contribution in [0.3, 0.4) is 0 Å². The van der Waals surface area contributed by atoms with Gasteiger partial charge in [-0.15, -0.1) is 0 Å². The third-order valence-electron chi connectivity index (χ3n) is 4.17. The fourth-order valence-electron chi connectivity index (χ4n) is 3.08. The van der Waals surface area contributed by atoms with Crippen molar-refractivity contribution in [2.24, 2.45) is 5.92 Å². The quantitative estimate of drug-likeness (QED) is 0.780. The summed E-state index contributed by atoms with van der Waals surface area (Å²) < 4.78 is 0. The summed E-state index contributed by atoms with van der Waals surface area (Å²) in [7, 11) is 0. The monoisotopic (exact) mass is 251 g/mol. The molecule has 0 spiro atoms. The van der Waals surface area contributed by atoms with Crippen LogP contribution in [0.5, 0.6) is 0 Å². The molecule has 3 nitrogen and oxygen atoms in total. The summed E-state index contributed by atoms with van der Waals surface area (Å²) in [5, 5.41) is 8.99. The number of likely N-dealkylation sites (tertiary alicyclic amines) is 1. The zero-order valence-electron chi connectivity index (χ0n) is 11.2. The molecule has 0 saturated carbocycles. The van der Waals surface area contributed by atoms with Crippen molar-refractivity contribution in [2.75, 3.05) is 19.7 Å². The van der Waals surface area contributed by atoms with E-state index in [1.165, 1.54) is 18.4 Å². The molecular weight excluding hydrogens is 226 g/mol. The van der Waals surface area contributed by atoms with E-state index in [0.29, 0.717) is 18.2 Å². The summed E-state index contributed by atoms with van der Waals surface area (Å²) in [4.78, 5) is 14.3. The Balaban J connectivity index is 1.82. The third kappa shape index (κ3) is 3.84. The highest BCUT2D eigenvalue weighted by Crippen LogP contribution is 2.24. The fraction of sp³-hybridized carbons (Fsp3) is 0.800. The Morgan fingerprint density at radius 1 is 1.39 bits per heavy atom.